The van der Waals surface area contributed by atoms with Crippen LogP contribution >= 0.6 is 11.6 Å². The molecule has 2 rings (SSSR count). The first-order chi connectivity index (χ1) is 8.49. The Morgan fingerprint density at radius 3 is 2.44 bits per heavy atom. The van der Waals surface area contributed by atoms with Gasteiger partial charge in [-0.1, -0.05) is 11.6 Å². The molecule has 1 heterocycles. The van der Waals surface area contributed by atoms with Crippen LogP contribution in [0.1, 0.15) is 0 Å². The molecule has 0 bridgehead atoms. The van der Waals surface area contributed by atoms with Crippen molar-refractivity contribution in [3.05, 3.63) is 47.7 Å². The zero-order valence-electron chi connectivity index (χ0n) is 9.04. The zero-order chi connectivity index (χ0) is 13.2. The lowest BCUT2D eigenvalue weighted by molar-refractivity contribution is 0.475. The van der Waals surface area contributed by atoms with E-state index in [0.29, 0.717) is 5.69 Å². The van der Waals surface area contributed by atoms with Crippen LogP contribution in [0.4, 0.5) is 5.69 Å². The van der Waals surface area contributed by atoms with Crippen LogP contribution < -0.4 is 4.72 Å². The van der Waals surface area contributed by atoms with Gasteiger partial charge in [0.2, 0.25) is 0 Å². The second kappa shape index (κ2) is 4.83. The Bertz CT molecular complexity index is 656. The molecule has 0 aliphatic heterocycles. The highest BCUT2D eigenvalue weighted by atomic mass is 35.5. The van der Waals surface area contributed by atoms with E-state index >= 15 is 0 Å². The summed E-state index contributed by atoms with van der Waals surface area (Å²) in [5.41, 5.74) is 0.327. The van der Waals surface area contributed by atoms with Gasteiger partial charge in [-0.25, -0.2) is 8.42 Å². The van der Waals surface area contributed by atoms with Gasteiger partial charge in [-0.3, -0.25) is 9.71 Å². The molecule has 5 nitrogen and oxygen atoms in total. The van der Waals surface area contributed by atoms with E-state index in [9.17, 15) is 8.42 Å². The van der Waals surface area contributed by atoms with Gasteiger partial charge >= 0.3 is 0 Å². The zero-order valence-corrected chi connectivity index (χ0v) is 10.6. The molecular formula is C11H9ClN2O3S. The first kappa shape index (κ1) is 12.7. The quantitative estimate of drug-likeness (QED) is 0.847. The number of rotatable bonds is 3. The summed E-state index contributed by atoms with van der Waals surface area (Å²) in [5.74, 6) is 0.0531. The van der Waals surface area contributed by atoms with E-state index in [2.05, 4.69) is 9.71 Å². The largest absolute Gasteiger partial charge is 0.508 e. The summed E-state index contributed by atoms with van der Waals surface area (Å²) in [5, 5.41) is 9.20. The van der Waals surface area contributed by atoms with Crippen molar-refractivity contribution in [1.29, 1.82) is 0 Å². The van der Waals surface area contributed by atoms with E-state index in [1.165, 1.54) is 42.7 Å². The average molecular weight is 285 g/mol. The second-order valence-electron chi connectivity index (χ2n) is 3.46. The van der Waals surface area contributed by atoms with E-state index < -0.39 is 10.0 Å². The highest BCUT2D eigenvalue weighted by Gasteiger charge is 2.17. The third-order valence-electron chi connectivity index (χ3n) is 2.14. The summed E-state index contributed by atoms with van der Waals surface area (Å²) in [6, 6.07) is 7.03. The second-order valence-corrected chi connectivity index (χ2v) is 5.52. The van der Waals surface area contributed by atoms with Crippen molar-refractivity contribution >= 4 is 27.3 Å². The monoisotopic (exact) mass is 284 g/mol. The minimum atomic E-state index is -3.78. The molecule has 94 valence electrons. The fraction of sp³-hybridized carbons (Fsp3) is 0. The van der Waals surface area contributed by atoms with Crippen molar-refractivity contribution in [2.45, 2.75) is 4.90 Å². The average Bonchev–Trinajstić information content (AvgIpc) is 2.32. The van der Waals surface area contributed by atoms with E-state index in [-0.39, 0.29) is 15.7 Å². The smallest absolute Gasteiger partial charge is 0.264 e. The molecule has 0 saturated carbocycles. The molecule has 0 amide bonds. The van der Waals surface area contributed by atoms with Crippen molar-refractivity contribution in [3.8, 4) is 5.75 Å². The topological polar surface area (TPSA) is 79.3 Å². The van der Waals surface area contributed by atoms with Gasteiger partial charge in [-0.2, -0.15) is 0 Å². The molecule has 1 aromatic heterocycles. The fourth-order valence-corrected chi connectivity index (χ4v) is 2.79. The molecule has 2 aromatic rings. The number of hydrogen-bond acceptors (Lipinski definition) is 4. The van der Waals surface area contributed by atoms with Crippen molar-refractivity contribution < 1.29 is 13.5 Å². The molecule has 0 spiro atoms. The molecule has 1 aromatic carbocycles. The van der Waals surface area contributed by atoms with Gasteiger partial charge < -0.3 is 5.11 Å². The van der Waals surface area contributed by atoms with Crippen LogP contribution in [0.5, 0.6) is 5.75 Å². The summed E-state index contributed by atoms with van der Waals surface area (Å²) in [7, 11) is -3.78. The molecule has 0 radical (unpaired) electrons. The highest BCUT2D eigenvalue weighted by molar-refractivity contribution is 7.92. The minimum absolute atomic E-state index is 0.0531. The Labute approximate surface area is 109 Å². The lowest BCUT2D eigenvalue weighted by Gasteiger charge is -2.08. The number of hydrogen-bond donors (Lipinski definition) is 2. The van der Waals surface area contributed by atoms with Gasteiger partial charge in [0.25, 0.3) is 10.0 Å². The normalized spacial score (nSPS) is 11.2. The molecule has 0 aliphatic rings. The molecule has 2 N–H and O–H groups in total. The molecule has 0 aliphatic carbocycles. The SMILES string of the molecule is O=S(=O)(Nc1ccc(O)cc1)c1cnccc1Cl. The number of aromatic nitrogens is 1. The maximum atomic E-state index is 12.0. The van der Waals surface area contributed by atoms with Crippen molar-refractivity contribution in [3.63, 3.8) is 0 Å². The molecule has 0 unspecified atom stereocenters. The molecule has 18 heavy (non-hydrogen) atoms. The Morgan fingerprint density at radius 2 is 1.83 bits per heavy atom. The number of anilines is 1. The minimum Gasteiger partial charge on any atom is -0.508 e. The number of aromatic hydroxyl groups is 1. The molecule has 0 saturated heterocycles. The first-order valence-corrected chi connectivity index (χ1v) is 6.76. The highest BCUT2D eigenvalue weighted by Crippen LogP contribution is 2.23. The Hall–Kier alpha value is -1.79. The molecular weight excluding hydrogens is 276 g/mol. The number of phenols is 1. The van der Waals surface area contributed by atoms with E-state index in [0.717, 1.165) is 0 Å². The van der Waals surface area contributed by atoms with Crippen LogP contribution in [0.15, 0.2) is 47.6 Å². The summed E-state index contributed by atoms with van der Waals surface area (Å²) in [6.07, 6.45) is 2.58. The molecule has 0 atom stereocenters. The third kappa shape index (κ3) is 2.72. The van der Waals surface area contributed by atoms with E-state index in [4.69, 9.17) is 16.7 Å². The molecule has 7 heteroatoms. The predicted molar refractivity (Wildman–Crippen MR) is 68.2 cm³/mol. The van der Waals surface area contributed by atoms with Crippen LogP contribution in [0.3, 0.4) is 0 Å². The standard InChI is InChI=1S/C11H9ClN2O3S/c12-10-5-6-13-7-11(10)18(16,17)14-8-1-3-9(15)4-2-8/h1-7,14-15H. The van der Waals surface area contributed by atoms with Gasteiger partial charge in [0.1, 0.15) is 10.6 Å². The van der Waals surface area contributed by atoms with Crippen LogP contribution in [-0.4, -0.2) is 18.5 Å². The third-order valence-corrected chi connectivity index (χ3v) is 3.99. The number of halogens is 1. The van der Waals surface area contributed by atoms with Gasteiger partial charge in [0.05, 0.1) is 5.02 Å². The Morgan fingerprint density at radius 1 is 1.17 bits per heavy atom. The fourth-order valence-electron chi connectivity index (χ4n) is 1.30. The number of pyridine rings is 1. The summed E-state index contributed by atoms with van der Waals surface area (Å²) in [4.78, 5) is 3.63. The maximum absolute atomic E-state index is 12.0. The number of benzene rings is 1. The van der Waals surface area contributed by atoms with Crippen LogP contribution in [0.25, 0.3) is 0 Å². The number of nitrogens with zero attached hydrogens (tertiary/aromatic N) is 1. The maximum Gasteiger partial charge on any atom is 0.264 e. The lowest BCUT2D eigenvalue weighted by atomic mass is 10.3. The van der Waals surface area contributed by atoms with Crippen LogP contribution in [0.2, 0.25) is 5.02 Å². The number of phenolic OH excluding ortho intramolecular Hbond substituents is 1. The van der Waals surface area contributed by atoms with Gasteiger partial charge in [0.15, 0.2) is 0 Å². The number of nitrogens with one attached hydrogen (secondary N) is 1. The van der Waals surface area contributed by atoms with Gasteiger partial charge in [0, 0.05) is 18.1 Å². The molecule has 0 fully saturated rings. The van der Waals surface area contributed by atoms with E-state index in [1.54, 1.807) is 0 Å². The Kier molecular flexibility index (Phi) is 3.40. The number of sulfonamides is 1. The van der Waals surface area contributed by atoms with Crippen LogP contribution in [0, 0.1) is 0 Å². The van der Waals surface area contributed by atoms with Crippen molar-refractivity contribution in [1.82, 2.24) is 4.98 Å². The van der Waals surface area contributed by atoms with Gasteiger partial charge in [-0.05, 0) is 30.3 Å². The summed E-state index contributed by atoms with van der Waals surface area (Å²) >= 11 is 5.80. The van der Waals surface area contributed by atoms with Crippen molar-refractivity contribution in [2.24, 2.45) is 0 Å². The van der Waals surface area contributed by atoms with Crippen molar-refractivity contribution in [2.75, 3.05) is 4.72 Å². The van der Waals surface area contributed by atoms with Gasteiger partial charge in [-0.15, -0.1) is 0 Å². The Balaban J connectivity index is 2.33. The van der Waals surface area contributed by atoms with E-state index in [1.807, 2.05) is 0 Å². The first-order valence-electron chi connectivity index (χ1n) is 4.90. The lowest BCUT2D eigenvalue weighted by Crippen LogP contribution is -2.13. The van der Waals surface area contributed by atoms with Crippen LogP contribution in [-0.2, 0) is 10.0 Å². The predicted octanol–water partition coefficient (Wildman–Crippen LogP) is 2.24. The summed E-state index contributed by atoms with van der Waals surface area (Å²) < 4.78 is 26.4. The summed E-state index contributed by atoms with van der Waals surface area (Å²) in [6.45, 7) is 0.